The Kier molecular flexibility index (Phi) is 6.13. The monoisotopic (exact) mass is 441 g/mol. The number of amides is 2. The number of carbonyl (C=O) groups excluding carboxylic acids is 2. The van der Waals surface area contributed by atoms with Crippen LogP contribution < -0.4 is 5.32 Å². The van der Waals surface area contributed by atoms with Crippen LogP contribution in [-0.4, -0.2) is 39.1 Å². The predicted octanol–water partition coefficient (Wildman–Crippen LogP) is 4.18. The Morgan fingerprint density at radius 2 is 2.10 bits per heavy atom. The zero-order valence-electron chi connectivity index (χ0n) is 15.5. The molecule has 1 saturated heterocycles. The van der Waals surface area contributed by atoms with Crippen molar-refractivity contribution >= 4 is 68.4 Å². The summed E-state index contributed by atoms with van der Waals surface area (Å²) in [5, 5.41) is 6.08. The maximum absolute atomic E-state index is 12.6. The second-order valence-electron chi connectivity index (χ2n) is 6.56. The van der Waals surface area contributed by atoms with E-state index in [2.05, 4.69) is 16.4 Å². The van der Waals surface area contributed by atoms with Crippen molar-refractivity contribution in [3.63, 3.8) is 0 Å². The quantitative estimate of drug-likeness (QED) is 0.426. The molecule has 1 aromatic carbocycles. The first-order valence-corrected chi connectivity index (χ1v) is 11.3. The molecule has 0 atom stereocenters. The Morgan fingerprint density at radius 1 is 1.24 bits per heavy atom. The van der Waals surface area contributed by atoms with Crippen LogP contribution in [0.4, 0.5) is 0 Å². The fourth-order valence-corrected chi connectivity index (χ4v) is 5.20. The first kappa shape index (κ1) is 19.9. The van der Waals surface area contributed by atoms with Gasteiger partial charge in [0.2, 0.25) is 5.91 Å². The minimum absolute atomic E-state index is 0.0823. The van der Waals surface area contributed by atoms with Crippen molar-refractivity contribution in [2.75, 3.05) is 13.1 Å². The molecule has 2 amide bonds. The summed E-state index contributed by atoms with van der Waals surface area (Å²) in [6.45, 7) is 0.850. The number of thioether (sulfide) groups is 1. The van der Waals surface area contributed by atoms with Crippen LogP contribution in [0, 0.1) is 0 Å². The molecule has 0 radical (unpaired) electrons. The summed E-state index contributed by atoms with van der Waals surface area (Å²) in [5.74, 6) is -0.207. The van der Waals surface area contributed by atoms with Crippen LogP contribution in [0.3, 0.4) is 0 Å². The first-order chi connectivity index (χ1) is 14.1. The van der Waals surface area contributed by atoms with Crippen molar-refractivity contribution in [2.24, 2.45) is 0 Å². The minimum Gasteiger partial charge on any atom is -0.361 e. The zero-order valence-corrected chi connectivity index (χ0v) is 18.0. The number of hydrogen-bond donors (Lipinski definition) is 2. The smallest absolute Gasteiger partial charge is 0.266 e. The molecule has 1 aliphatic heterocycles. The lowest BCUT2D eigenvalue weighted by Gasteiger charge is -2.14. The van der Waals surface area contributed by atoms with Gasteiger partial charge in [-0.1, -0.05) is 48.2 Å². The van der Waals surface area contributed by atoms with Crippen LogP contribution in [0.25, 0.3) is 17.0 Å². The molecule has 0 spiro atoms. The Labute approximate surface area is 182 Å². The highest BCUT2D eigenvalue weighted by molar-refractivity contribution is 8.26. The number of aromatic amines is 1. The zero-order chi connectivity index (χ0) is 20.2. The molecule has 0 bridgehead atoms. The number of para-hydroxylation sites is 1. The summed E-state index contributed by atoms with van der Waals surface area (Å²) in [4.78, 5) is 31.2. The summed E-state index contributed by atoms with van der Waals surface area (Å²) < 4.78 is 0.504. The molecule has 148 valence electrons. The fourth-order valence-electron chi connectivity index (χ4n) is 3.17. The number of rotatable bonds is 7. The van der Waals surface area contributed by atoms with Gasteiger partial charge >= 0.3 is 0 Å². The lowest BCUT2D eigenvalue weighted by molar-refractivity contribution is -0.123. The molecule has 8 heteroatoms. The van der Waals surface area contributed by atoms with Gasteiger partial charge in [0.1, 0.15) is 4.32 Å². The maximum Gasteiger partial charge on any atom is 0.266 e. The topological polar surface area (TPSA) is 65.2 Å². The largest absolute Gasteiger partial charge is 0.361 e. The van der Waals surface area contributed by atoms with Crippen molar-refractivity contribution < 1.29 is 9.59 Å². The van der Waals surface area contributed by atoms with E-state index in [1.54, 1.807) is 11.3 Å². The number of H-pyrrole nitrogens is 1. The molecule has 1 aliphatic rings. The van der Waals surface area contributed by atoms with E-state index in [-0.39, 0.29) is 18.2 Å². The Hall–Kier alpha value is -2.42. The average Bonchev–Trinajstić information content (AvgIpc) is 3.43. The van der Waals surface area contributed by atoms with E-state index in [9.17, 15) is 9.59 Å². The highest BCUT2D eigenvalue weighted by atomic mass is 32.2. The van der Waals surface area contributed by atoms with Crippen molar-refractivity contribution in [3.8, 4) is 0 Å². The molecule has 2 N–H and O–H groups in total. The van der Waals surface area contributed by atoms with Crippen LogP contribution in [-0.2, 0) is 16.0 Å². The van der Waals surface area contributed by atoms with Crippen molar-refractivity contribution in [3.05, 3.63) is 63.3 Å². The molecule has 1 fully saturated rings. The van der Waals surface area contributed by atoms with Crippen LogP contribution in [0.15, 0.2) is 52.9 Å². The standard InChI is InChI=1S/C21H19N3O2S3/c25-19(22-9-7-14-13-23-17-6-2-1-5-16(14)17)8-10-24-20(26)18(29-21(24)27)12-15-4-3-11-28-15/h1-6,11-13,23H,7-10H2,(H,22,25). The van der Waals surface area contributed by atoms with E-state index >= 15 is 0 Å². The third kappa shape index (κ3) is 4.60. The molecular formula is C21H19N3O2S3. The summed E-state index contributed by atoms with van der Waals surface area (Å²) in [5.41, 5.74) is 2.27. The van der Waals surface area contributed by atoms with E-state index in [4.69, 9.17) is 12.2 Å². The molecule has 0 aliphatic carbocycles. The van der Waals surface area contributed by atoms with Crippen LogP contribution in [0.5, 0.6) is 0 Å². The number of nitrogens with one attached hydrogen (secondary N) is 2. The Morgan fingerprint density at radius 3 is 2.93 bits per heavy atom. The molecular weight excluding hydrogens is 422 g/mol. The van der Waals surface area contributed by atoms with E-state index in [1.165, 1.54) is 27.6 Å². The van der Waals surface area contributed by atoms with Gasteiger partial charge in [-0.05, 0) is 35.6 Å². The Balaban J connectivity index is 1.26. The van der Waals surface area contributed by atoms with Gasteiger partial charge in [-0.3, -0.25) is 14.5 Å². The highest BCUT2D eigenvalue weighted by Crippen LogP contribution is 2.33. The second kappa shape index (κ2) is 8.94. The SMILES string of the molecule is O=C(CCN1C(=O)C(=Cc2cccs2)SC1=S)NCCc1c[nH]c2ccccc12. The molecule has 3 heterocycles. The van der Waals surface area contributed by atoms with Gasteiger partial charge < -0.3 is 10.3 Å². The molecule has 3 aromatic rings. The van der Waals surface area contributed by atoms with E-state index in [0.717, 1.165) is 16.8 Å². The molecule has 4 rings (SSSR count). The third-order valence-corrected chi connectivity index (χ3v) is 6.84. The average molecular weight is 442 g/mol. The van der Waals surface area contributed by atoms with Crippen LogP contribution >= 0.6 is 35.3 Å². The van der Waals surface area contributed by atoms with Crippen molar-refractivity contribution in [1.82, 2.24) is 15.2 Å². The highest BCUT2D eigenvalue weighted by Gasteiger charge is 2.32. The lowest BCUT2D eigenvalue weighted by atomic mass is 10.1. The molecule has 2 aromatic heterocycles. The number of thiophene rings is 1. The summed E-state index contributed by atoms with van der Waals surface area (Å²) in [6.07, 6.45) is 4.81. The fraction of sp³-hybridized carbons (Fsp3) is 0.190. The molecule has 5 nitrogen and oxygen atoms in total. The van der Waals surface area contributed by atoms with Gasteiger partial charge in [0.05, 0.1) is 4.91 Å². The minimum atomic E-state index is -0.125. The normalized spacial score (nSPS) is 15.6. The summed E-state index contributed by atoms with van der Waals surface area (Å²) >= 11 is 8.18. The molecule has 0 unspecified atom stereocenters. The van der Waals surface area contributed by atoms with Crippen molar-refractivity contribution in [2.45, 2.75) is 12.8 Å². The van der Waals surface area contributed by atoms with E-state index in [0.29, 0.717) is 22.3 Å². The number of hydrogen-bond acceptors (Lipinski definition) is 5. The third-order valence-electron chi connectivity index (χ3n) is 4.64. The Bertz CT molecular complexity index is 1090. The molecule has 0 saturated carbocycles. The van der Waals surface area contributed by atoms with E-state index in [1.807, 2.05) is 48.0 Å². The maximum atomic E-state index is 12.6. The lowest BCUT2D eigenvalue weighted by Crippen LogP contribution is -2.34. The van der Waals surface area contributed by atoms with Gasteiger partial charge in [0, 0.05) is 41.5 Å². The van der Waals surface area contributed by atoms with Crippen molar-refractivity contribution in [1.29, 1.82) is 0 Å². The summed E-state index contributed by atoms with van der Waals surface area (Å²) in [7, 11) is 0. The van der Waals surface area contributed by atoms with E-state index < -0.39 is 0 Å². The number of benzene rings is 1. The molecule has 29 heavy (non-hydrogen) atoms. The van der Waals surface area contributed by atoms with Gasteiger partial charge in [-0.25, -0.2) is 0 Å². The second-order valence-corrected chi connectivity index (χ2v) is 9.21. The first-order valence-electron chi connectivity index (χ1n) is 9.22. The summed E-state index contributed by atoms with van der Waals surface area (Å²) in [6, 6.07) is 12.0. The van der Waals surface area contributed by atoms with Crippen LogP contribution in [0.2, 0.25) is 0 Å². The number of carbonyl (C=O) groups is 2. The van der Waals surface area contributed by atoms with Gasteiger partial charge in [0.15, 0.2) is 0 Å². The van der Waals surface area contributed by atoms with Gasteiger partial charge in [0.25, 0.3) is 5.91 Å². The number of aromatic nitrogens is 1. The van der Waals surface area contributed by atoms with Gasteiger partial charge in [-0.2, -0.15) is 0 Å². The van der Waals surface area contributed by atoms with Gasteiger partial charge in [-0.15, -0.1) is 11.3 Å². The number of nitrogens with zero attached hydrogens (tertiary/aromatic N) is 1. The van der Waals surface area contributed by atoms with Crippen LogP contribution in [0.1, 0.15) is 16.9 Å². The number of thiocarbonyl (C=S) groups is 1. The predicted molar refractivity (Wildman–Crippen MR) is 124 cm³/mol. The number of fused-ring (bicyclic) bond motifs is 1.